The Balaban J connectivity index is 1.24. The van der Waals surface area contributed by atoms with Crippen LogP contribution >= 0.6 is 11.8 Å². The lowest BCUT2D eigenvalue weighted by Crippen LogP contribution is -2.60. The van der Waals surface area contributed by atoms with Gasteiger partial charge in [-0.25, -0.2) is 0 Å². The summed E-state index contributed by atoms with van der Waals surface area (Å²) in [4.78, 5) is 14.1. The fraction of sp³-hybridized carbons (Fsp3) is 0.682. The van der Waals surface area contributed by atoms with E-state index in [1.165, 1.54) is 38.5 Å². The summed E-state index contributed by atoms with van der Waals surface area (Å²) in [6, 6.07) is 6.01. The molecule has 6 rings (SSSR count). The second kappa shape index (κ2) is 6.91. The lowest BCUT2D eigenvalue weighted by molar-refractivity contribution is -0.126. The van der Waals surface area contributed by atoms with Crippen LogP contribution in [-0.4, -0.2) is 29.9 Å². The van der Waals surface area contributed by atoms with E-state index in [9.17, 15) is 4.79 Å². The highest BCUT2D eigenvalue weighted by atomic mass is 32.2. The van der Waals surface area contributed by atoms with Gasteiger partial charge in [-0.15, -0.1) is 11.8 Å². The quantitative estimate of drug-likeness (QED) is 0.777. The van der Waals surface area contributed by atoms with Crippen LogP contribution in [0, 0.1) is 17.8 Å². The SMILES string of the molecule is C[C@H](Sc1ccc2c(c1)OCCCO2)C(=O)NC12CC3CC(CC(C3)C1)C2. The first-order chi connectivity index (χ1) is 13.1. The molecule has 1 atom stereocenters. The lowest BCUT2D eigenvalue weighted by Gasteiger charge is -2.57. The van der Waals surface area contributed by atoms with Gasteiger partial charge < -0.3 is 14.8 Å². The van der Waals surface area contributed by atoms with Crippen LogP contribution in [0.15, 0.2) is 23.1 Å². The van der Waals surface area contributed by atoms with Crippen molar-refractivity contribution in [2.24, 2.45) is 17.8 Å². The summed E-state index contributed by atoms with van der Waals surface area (Å²) in [5, 5.41) is 3.39. The normalized spacial score (nSPS) is 34.8. The molecule has 5 aliphatic rings. The highest BCUT2D eigenvalue weighted by molar-refractivity contribution is 8.00. The molecule has 1 N–H and O–H groups in total. The summed E-state index contributed by atoms with van der Waals surface area (Å²) >= 11 is 1.61. The van der Waals surface area contributed by atoms with Crippen LogP contribution in [0.25, 0.3) is 0 Å². The molecule has 4 bridgehead atoms. The van der Waals surface area contributed by atoms with Crippen molar-refractivity contribution >= 4 is 17.7 Å². The van der Waals surface area contributed by atoms with E-state index < -0.39 is 0 Å². The summed E-state index contributed by atoms with van der Waals surface area (Å²) in [5.74, 6) is 4.34. The van der Waals surface area contributed by atoms with Gasteiger partial charge in [0.15, 0.2) is 11.5 Å². The maximum absolute atomic E-state index is 13.0. The Labute approximate surface area is 165 Å². The van der Waals surface area contributed by atoms with Crippen molar-refractivity contribution in [1.29, 1.82) is 0 Å². The average molecular weight is 388 g/mol. The minimum Gasteiger partial charge on any atom is -0.490 e. The molecular formula is C22H29NO3S. The lowest BCUT2D eigenvalue weighted by atomic mass is 9.53. The molecule has 0 spiro atoms. The van der Waals surface area contributed by atoms with Crippen LogP contribution in [0.4, 0.5) is 0 Å². The molecule has 27 heavy (non-hydrogen) atoms. The molecule has 0 aromatic heterocycles. The topological polar surface area (TPSA) is 47.6 Å². The number of carbonyl (C=O) groups is 1. The minimum absolute atomic E-state index is 0.0887. The molecule has 4 fully saturated rings. The van der Waals surface area contributed by atoms with Crippen LogP contribution in [0.3, 0.4) is 0 Å². The van der Waals surface area contributed by atoms with Crippen molar-refractivity contribution in [3.63, 3.8) is 0 Å². The molecule has 0 unspecified atom stereocenters. The number of amides is 1. The smallest absolute Gasteiger partial charge is 0.233 e. The zero-order valence-corrected chi connectivity index (χ0v) is 16.9. The number of benzene rings is 1. The van der Waals surface area contributed by atoms with E-state index in [0.29, 0.717) is 13.2 Å². The maximum Gasteiger partial charge on any atom is 0.233 e. The third kappa shape index (κ3) is 3.55. The molecule has 1 heterocycles. The summed E-state index contributed by atoms with van der Waals surface area (Å²) in [6.45, 7) is 3.40. The standard InChI is InChI=1S/C22H29NO3S/c1-14(27-18-3-4-19-20(10-18)26-6-2-5-25-19)21(24)23-22-11-15-7-16(12-22)9-17(8-15)13-22/h3-4,10,14-17H,2,5-9,11-13H2,1H3,(H,23,24)/t14-,15?,16?,17?,22?/m0/s1. The first-order valence-corrected chi connectivity index (χ1v) is 11.3. The number of rotatable bonds is 4. The van der Waals surface area contributed by atoms with E-state index in [-0.39, 0.29) is 16.7 Å². The molecule has 4 nitrogen and oxygen atoms in total. The molecule has 0 saturated heterocycles. The van der Waals surface area contributed by atoms with Gasteiger partial charge in [-0.2, -0.15) is 0 Å². The maximum atomic E-state index is 13.0. The Morgan fingerprint density at radius 2 is 1.70 bits per heavy atom. The summed E-state index contributed by atoms with van der Waals surface area (Å²) in [5.41, 5.74) is 0.0887. The fourth-order valence-corrected chi connectivity index (χ4v) is 7.00. The highest BCUT2D eigenvalue weighted by Gasteiger charge is 2.51. The zero-order valence-electron chi connectivity index (χ0n) is 16.0. The van der Waals surface area contributed by atoms with Crippen LogP contribution in [0.5, 0.6) is 11.5 Å². The Hall–Kier alpha value is -1.36. The number of carbonyl (C=O) groups excluding carboxylic acids is 1. The second-order valence-electron chi connectivity index (χ2n) is 9.11. The molecule has 1 aromatic carbocycles. The molecular weight excluding hydrogens is 358 g/mol. The van der Waals surface area contributed by atoms with Gasteiger partial charge in [0.2, 0.25) is 5.91 Å². The molecule has 1 aromatic rings. The number of fused-ring (bicyclic) bond motifs is 1. The number of nitrogens with one attached hydrogen (secondary N) is 1. The Kier molecular flexibility index (Phi) is 4.53. The van der Waals surface area contributed by atoms with Gasteiger partial charge in [0.1, 0.15) is 0 Å². The van der Waals surface area contributed by atoms with Crippen molar-refractivity contribution in [1.82, 2.24) is 5.32 Å². The van der Waals surface area contributed by atoms with Crippen molar-refractivity contribution < 1.29 is 14.3 Å². The minimum atomic E-state index is -0.109. The molecule has 1 aliphatic heterocycles. The zero-order chi connectivity index (χ0) is 18.4. The first kappa shape index (κ1) is 17.7. The number of ether oxygens (including phenoxy) is 2. The Morgan fingerprint density at radius 3 is 2.37 bits per heavy atom. The molecule has 1 amide bonds. The van der Waals surface area contributed by atoms with Gasteiger partial charge in [-0.3, -0.25) is 4.79 Å². The monoisotopic (exact) mass is 387 g/mol. The third-order valence-corrected chi connectivity index (χ3v) is 7.92. The van der Waals surface area contributed by atoms with Gasteiger partial charge in [0, 0.05) is 16.9 Å². The van der Waals surface area contributed by atoms with Crippen LogP contribution in [-0.2, 0) is 4.79 Å². The third-order valence-electron chi connectivity index (χ3n) is 6.83. The van der Waals surface area contributed by atoms with Crippen LogP contribution in [0.1, 0.15) is 51.9 Å². The van der Waals surface area contributed by atoms with Crippen LogP contribution in [0.2, 0.25) is 0 Å². The van der Waals surface area contributed by atoms with Gasteiger partial charge in [0.05, 0.1) is 18.5 Å². The average Bonchev–Trinajstić information content (AvgIpc) is 2.85. The van der Waals surface area contributed by atoms with E-state index in [1.54, 1.807) is 11.8 Å². The summed E-state index contributed by atoms with van der Waals surface area (Å²) in [7, 11) is 0. The second-order valence-corrected chi connectivity index (χ2v) is 10.5. The molecule has 4 aliphatic carbocycles. The molecule has 4 saturated carbocycles. The van der Waals surface area contributed by atoms with Gasteiger partial charge in [0.25, 0.3) is 0 Å². The molecule has 0 radical (unpaired) electrons. The predicted octanol–water partition coefficient (Wildman–Crippen LogP) is 4.41. The van der Waals surface area contributed by atoms with Gasteiger partial charge in [-0.05, 0) is 81.4 Å². The first-order valence-electron chi connectivity index (χ1n) is 10.5. The van der Waals surface area contributed by atoms with E-state index in [0.717, 1.165) is 40.6 Å². The molecule has 5 heteroatoms. The van der Waals surface area contributed by atoms with E-state index in [4.69, 9.17) is 9.47 Å². The predicted molar refractivity (Wildman–Crippen MR) is 106 cm³/mol. The van der Waals surface area contributed by atoms with Crippen LogP contribution < -0.4 is 14.8 Å². The largest absolute Gasteiger partial charge is 0.490 e. The van der Waals surface area contributed by atoms with E-state index >= 15 is 0 Å². The fourth-order valence-electron chi connectivity index (χ4n) is 6.10. The van der Waals surface area contributed by atoms with E-state index in [1.807, 2.05) is 25.1 Å². The summed E-state index contributed by atoms with van der Waals surface area (Å²) in [6.07, 6.45) is 8.70. The Bertz CT molecular complexity index is 699. The molecule has 146 valence electrons. The van der Waals surface area contributed by atoms with E-state index in [2.05, 4.69) is 5.32 Å². The highest BCUT2D eigenvalue weighted by Crippen LogP contribution is 2.55. The van der Waals surface area contributed by atoms with Crippen molar-refractivity contribution in [3.05, 3.63) is 18.2 Å². The van der Waals surface area contributed by atoms with Crippen molar-refractivity contribution in [3.8, 4) is 11.5 Å². The number of hydrogen-bond acceptors (Lipinski definition) is 4. The Morgan fingerprint density at radius 1 is 1.07 bits per heavy atom. The van der Waals surface area contributed by atoms with Gasteiger partial charge in [-0.1, -0.05) is 0 Å². The summed E-state index contributed by atoms with van der Waals surface area (Å²) < 4.78 is 11.5. The van der Waals surface area contributed by atoms with Crippen molar-refractivity contribution in [2.75, 3.05) is 13.2 Å². The van der Waals surface area contributed by atoms with Gasteiger partial charge >= 0.3 is 0 Å². The number of thioether (sulfide) groups is 1. The number of hydrogen-bond donors (Lipinski definition) is 1. The van der Waals surface area contributed by atoms with Crippen molar-refractivity contribution in [2.45, 2.75) is 67.6 Å².